The van der Waals surface area contributed by atoms with Gasteiger partial charge in [0.25, 0.3) is 0 Å². The molecule has 3 N–H and O–H groups in total. The highest BCUT2D eigenvalue weighted by molar-refractivity contribution is 5.85. The second-order valence-electron chi connectivity index (χ2n) is 5.70. The van der Waals surface area contributed by atoms with Gasteiger partial charge in [0.15, 0.2) is 0 Å². The van der Waals surface area contributed by atoms with Crippen LogP contribution in [0.25, 0.3) is 10.9 Å². The fourth-order valence-electron chi connectivity index (χ4n) is 3.19. The van der Waals surface area contributed by atoms with Gasteiger partial charge in [-0.15, -0.1) is 0 Å². The summed E-state index contributed by atoms with van der Waals surface area (Å²) in [4.78, 5) is 15.0. The van der Waals surface area contributed by atoms with Crippen molar-refractivity contribution >= 4 is 16.7 Å². The van der Waals surface area contributed by atoms with Gasteiger partial charge in [-0.3, -0.25) is 10.0 Å². The van der Waals surface area contributed by atoms with Crippen LogP contribution in [0.15, 0.2) is 42.6 Å². The average molecular weight is 310 g/mol. The molecule has 1 aliphatic heterocycles. The van der Waals surface area contributed by atoms with Crippen molar-refractivity contribution < 1.29 is 10.0 Å². The molecule has 4 rings (SSSR count). The van der Waals surface area contributed by atoms with E-state index in [4.69, 9.17) is 10.0 Å². The zero-order valence-electron chi connectivity index (χ0n) is 12.6. The maximum atomic E-state index is 8.43. The SMILES string of the molecule is ONOCc1ccc(N2CCc3c([nH]c4ccccc34)C2)nc1. The molecule has 118 valence electrons. The van der Waals surface area contributed by atoms with E-state index in [-0.39, 0.29) is 6.61 Å². The summed E-state index contributed by atoms with van der Waals surface area (Å²) in [6.45, 7) is 2.07. The predicted octanol–water partition coefficient (Wildman–Crippen LogP) is 2.54. The summed E-state index contributed by atoms with van der Waals surface area (Å²) in [5, 5.41) is 9.77. The number of hydrogen-bond acceptors (Lipinski definition) is 5. The third-order valence-electron chi connectivity index (χ3n) is 4.32. The minimum atomic E-state index is 0.274. The molecule has 3 aromatic rings. The summed E-state index contributed by atoms with van der Waals surface area (Å²) in [6, 6.07) is 12.4. The van der Waals surface area contributed by atoms with E-state index in [0.717, 1.165) is 30.9 Å². The maximum absolute atomic E-state index is 8.43. The van der Waals surface area contributed by atoms with E-state index in [1.807, 2.05) is 12.1 Å². The molecular formula is C17H18N4O2. The highest BCUT2D eigenvalue weighted by Gasteiger charge is 2.21. The topological polar surface area (TPSA) is 73.4 Å². The normalized spacial score (nSPS) is 14.2. The van der Waals surface area contributed by atoms with Gasteiger partial charge >= 0.3 is 0 Å². The summed E-state index contributed by atoms with van der Waals surface area (Å²) >= 11 is 0. The number of benzene rings is 1. The van der Waals surface area contributed by atoms with Gasteiger partial charge in [0, 0.05) is 29.3 Å². The third kappa shape index (κ3) is 2.68. The van der Waals surface area contributed by atoms with Gasteiger partial charge in [-0.1, -0.05) is 29.9 Å². The molecule has 23 heavy (non-hydrogen) atoms. The van der Waals surface area contributed by atoms with E-state index in [9.17, 15) is 0 Å². The van der Waals surface area contributed by atoms with Crippen LogP contribution in [-0.4, -0.2) is 21.7 Å². The molecule has 0 amide bonds. The first-order valence-corrected chi connectivity index (χ1v) is 7.64. The number of nitrogens with zero attached hydrogens (tertiary/aromatic N) is 2. The highest BCUT2D eigenvalue weighted by atomic mass is 16.8. The second-order valence-corrected chi connectivity index (χ2v) is 5.70. The van der Waals surface area contributed by atoms with Crippen LogP contribution in [0.1, 0.15) is 16.8 Å². The summed E-state index contributed by atoms with van der Waals surface area (Å²) in [6.07, 6.45) is 2.79. The Morgan fingerprint density at radius 3 is 3.00 bits per heavy atom. The number of para-hydroxylation sites is 1. The smallest absolute Gasteiger partial charge is 0.128 e. The molecule has 0 spiro atoms. The fraction of sp³-hybridized carbons (Fsp3) is 0.235. The van der Waals surface area contributed by atoms with Crippen LogP contribution >= 0.6 is 0 Å². The van der Waals surface area contributed by atoms with Crippen LogP contribution < -0.4 is 10.5 Å². The lowest BCUT2D eigenvalue weighted by molar-refractivity contribution is -0.135. The number of aromatic amines is 1. The molecule has 2 aromatic heterocycles. The number of hydrogen-bond donors (Lipinski definition) is 3. The molecule has 0 bridgehead atoms. The first-order chi connectivity index (χ1) is 11.3. The lowest BCUT2D eigenvalue weighted by Gasteiger charge is -2.28. The van der Waals surface area contributed by atoms with Gasteiger partial charge in [0.2, 0.25) is 0 Å². The summed E-state index contributed by atoms with van der Waals surface area (Å²) < 4.78 is 0. The number of nitrogens with one attached hydrogen (secondary N) is 2. The Morgan fingerprint density at radius 1 is 1.26 bits per heavy atom. The summed E-state index contributed by atoms with van der Waals surface area (Å²) in [5.41, 5.74) is 6.48. The zero-order chi connectivity index (χ0) is 15.6. The van der Waals surface area contributed by atoms with Crippen molar-refractivity contribution in [1.29, 1.82) is 0 Å². The largest absolute Gasteiger partial charge is 0.357 e. The minimum Gasteiger partial charge on any atom is -0.357 e. The van der Waals surface area contributed by atoms with Crippen LogP contribution in [-0.2, 0) is 24.4 Å². The number of fused-ring (bicyclic) bond motifs is 3. The van der Waals surface area contributed by atoms with Crippen LogP contribution in [0.5, 0.6) is 0 Å². The molecule has 0 atom stereocenters. The fourth-order valence-corrected chi connectivity index (χ4v) is 3.19. The van der Waals surface area contributed by atoms with Gasteiger partial charge in [-0.2, -0.15) is 0 Å². The van der Waals surface area contributed by atoms with E-state index in [1.165, 1.54) is 22.2 Å². The van der Waals surface area contributed by atoms with Crippen LogP contribution in [0, 0.1) is 0 Å². The van der Waals surface area contributed by atoms with Gasteiger partial charge in [0.1, 0.15) is 5.82 Å². The molecular weight excluding hydrogens is 292 g/mol. The minimum absolute atomic E-state index is 0.274. The number of aromatic nitrogens is 2. The van der Waals surface area contributed by atoms with Gasteiger partial charge in [-0.25, -0.2) is 4.98 Å². The summed E-state index contributed by atoms with van der Waals surface area (Å²) in [7, 11) is 0. The Labute approximate surface area is 133 Å². The third-order valence-corrected chi connectivity index (χ3v) is 4.32. The lowest BCUT2D eigenvalue weighted by Crippen LogP contribution is -2.30. The number of pyridine rings is 1. The van der Waals surface area contributed by atoms with Crippen molar-refractivity contribution in [1.82, 2.24) is 15.6 Å². The van der Waals surface area contributed by atoms with E-state index >= 15 is 0 Å². The Morgan fingerprint density at radius 2 is 2.17 bits per heavy atom. The van der Waals surface area contributed by atoms with Crippen molar-refractivity contribution in [2.24, 2.45) is 0 Å². The predicted molar refractivity (Wildman–Crippen MR) is 87.0 cm³/mol. The molecule has 1 aliphatic rings. The molecule has 0 aliphatic carbocycles. The number of H-pyrrole nitrogens is 1. The second kappa shape index (κ2) is 6.00. The standard InChI is InChI=1S/C17H18N4O2/c22-20-23-11-12-5-6-17(18-9-12)21-8-7-14-13-3-1-2-4-15(13)19-16(14)10-21/h1-6,9,19-20,22H,7-8,10-11H2. The summed E-state index contributed by atoms with van der Waals surface area (Å²) in [5.74, 6) is 0.954. The first kappa shape index (κ1) is 14.2. The van der Waals surface area contributed by atoms with E-state index in [0.29, 0.717) is 0 Å². The molecule has 0 radical (unpaired) electrons. The van der Waals surface area contributed by atoms with Crippen LogP contribution in [0.4, 0.5) is 5.82 Å². The molecule has 1 aromatic carbocycles. The van der Waals surface area contributed by atoms with Gasteiger partial charge in [0.05, 0.1) is 13.2 Å². The van der Waals surface area contributed by atoms with Gasteiger partial charge in [-0.05, 0) is 29.7 Å². The molecule has 0 unspecified atom stereocenters. The maximum Gasteiger partial charge on any atom is 0.128 e. The molecule has 6 nitrogen and oxygen atoms in total. The number of rotatable bonds is 4. The molecule has 0 fully saturated rings. The van der Waals surface area contributed by atoms with Crippen molar-refractivity contribution in [2.45, 2.75) is 19.6 Å². The average Bonchev–Trinajstić information content (AvgIpc) is 2.98. The molecule has 0 saturated carbocycles. The van der Waals surface area contributed by atoms with Crippen molar-refractivity contribution in [3.8, 4) is 0 Å². The zero-order valence-corrected chi connectivity index (χ0v) is 12.6. The van der Waals surface area contributed by atoms with Gasteiger partial charge < -0.3 is 9.88 Å². The lowest BCUT2D eigenvalue weighted by atomic mass is 10.0. The monoisotopic (exact) mass is 310 g/mol. The number of anilines is 1. The van der Waals surface area contributed by atoms with E-state index in [2.05, 4.69) is 39.1 Å². The Hall–Kier alpha value is -2.41. The van der Waals surface area contributed by atoms with Crippen molar-refractivity contribution in [3.05, 3.63) is 59.4 Å². The van der Waals surface area contributed by atoms with Crippen LogP contribution in [0.3, 0.4) is 0 Å². The first-order valence-electron chi connectivity index (χ1n) is 7.64. The molecule has 6 heteroatoms. The van der Waals surface area contributed by atoms with Crippen molar-refractivity contribution in [3.63, 3.8) is 0 Å². The Bertz CT molecular complexity index is 813. The quantitative estimate of drug-likeness (QED) is 0.646. The Kier molecular flexibility index (Phi) is 3.70. The van der Waals surface area contributed by atoms with E-state index in [1.54, 1.807) is 11.8 Å². The van der Waals surface area contributed by atoms with E-state index < -0.39 is 0 Å². The van der Waals surface area contributed by atoms with Crippen molar-refractivity contribution in [2.75, 3.05) is 11.4 Å². The molecule has 0 saturated heterocycles. The molecule has 3 heterocycles. The highest BCUT2D eigenvalue weighted by Crippen LogP contribution is 2.29. The Balaban J connectivity index is 1.55. The van der Waals surface area contributed by atoms with Crippen LogP contribution in [0.2, 0.25) is 0 Å².